The zero-order valence-corrected chi connectivity index (χ0v) is 18.9. The number of rotatable bonds is 7. The monoisotopic (exact) mass is 436 g/mol. The normalized spacial score (nSPS) is 18.4. The van der Waals surface area contributed by atoms with E-state index in [2.05, 4.69) is 10.2 Å². The van der Waals surface area contributed by atoms with Gasteiger partial charge in [0.25, 0.3) is 0 Å². The van der Waals surface area contributed by atoms with E-state index in [1.807, 2.05) is 13.8 Å². The Morgan fingerprint density at radius 1 is 1.10 bits per heavy atom. The van der Waals surface area contributed by atoms with Gasteiger partial charge in [-0.15, -0.1) is 11.3 Å². The molecule has 2 heterocycles. The molecule has 1 fully saturated rings. The van der Waals surface area contributed by atoms with Gasteiger partial charge in [-0.1, -0.05) is 0 Å². The van der Waals surface area contributed by atoms with E-state index in [1.165, 1.54) is 16.2 Å². The molecular formula is C22H32N2O5S. The standard InChI is InChI=1S/C22H32N2O5S/c1-4-28-21(26)15-10-12-24(13-11-15)14(3)19(25)23-20-18(22(27)29-5-2)16-8-6-7-9-17(16)30-20/h14-15H,4-13H2,1-3H3,(H,23,25). The number of ether oxygens (including phenoxy) is 2. The minimum atomic E-state index is -0.352. The van der Waals surface area contributed by atoms with Gasteiger partial charge in [0.05, 0.1) is 30.7 Å². The number of carbonyl (C=O) groups excluding carboxylic acids is 3. The quantitative estimate of drug-likeness (QED) is 0.660. The number of nitrogens with one attached hydrogen (secondary N) is 1. The Balaban J connectivity index is 1.66. The molecule has 1 amide bonds. The van der Waals surface area contributed by atoms with Gasteiger partial charge in [0.2, 0.25) is 5.91 Å². The van der Waals surface area contributed by atoms with Crippen molar-refractivity contribution in [2.24, 2.45) is 5.92 Å². The van der Waals surface area contributed by atoms with Crippen LogP contribution in [-0.2, 0) is 31.9 Å². The fraction of sp³-hybridized carbons (Fsp3) is 0.682. The molecule has 166 valence electrons. The van der Waals surface area contributed by atoms with Crippen LogP contribution in [0.1, 0.15) is 67.3 Å². The average molecular weight is 437 g/mol. The predicted molar refractivity (Wildman–Crippen MR) is 116 cm³/mol. The molecule has 1 atom stereocenters. The van der Waals surface area contributed by atoms with Crippen LogP contribution in [0.5, 0.6) is 0 Å². The Kier molecular flexibility index (Phi) is 7.88. The molecule has 1 saturated heterocycles. The first kappa shape index (κ1) is 22.7. The predicted octanol–water partition coefficient (Wildman–Crippen LogP) is 3.41. The fourth-order valence-corrected chi connectivity index (χ4v) is 5.52. The number of amides is 1. The first-order valence-electron chi connectivity index (χ1n) is 11.0. The third-order valence-corrected chi connectivity index (χ3v) is 7.17. The highest BCUT2D eigenvalue weighted by atomic mass is 32.1. The molecule has 1 N–H and O–H groups in total. The molecule has 1 aromatic heterocycles. The van der Waals surface area contributed by atoms with Crippen molar-refractivity contribution in [3.63, 3.8) is 0 Å². The summed E-state index contributed by atoms with van der Waals surface area (Å²) in [5.74, 6) is -0.711. The summed E-state index contributed by atoms with van der Waals surface area (Å²) in [6, 6.07) is -0.345. The van der Waals surface area contributed by atoms with Crippen molar-refractivity contribution in [1.82, 2.24) is 4.90 Å². The Labute approximate surface area is 182 Å². The topological polar surface area (TPSA) is 84.9 Å². The van der Waals surface area contributed by atoms with Gasteiger partial charge in [-0.2, -0.15) is 0 Å². The maximum atomic E-state index is 13.0. The molecule has 30 heavy (non-hydrogen) atoms. The van der Waals surface area contributed by atoms with Crippen molar-refractivity contribution in [2.45, 2.75) is 65.3 Å². The molecule has 7 nitrogen and oxygen atoms in total. The highest BCUT2D eigenvalue weighted by Gasteiger charge is 2.32. The van der Waals surface area contributed by atoms with Crippen molar-refractivity contribution < 1.29 is 23.9 Å². The molecular weight excluding hydrogens is 404 g/mol. The lowest BCUT2D eigenvalue weighted by Gasteiger charge is -2.34. The fourth-order valence-electron chi connectivity index (χ4n) is 4.24. The van der Waals surface area contributed by atoms with E-state index < -0.39 is 0 Å². The van der Waals surface area contributed by atoms with Crippen LogP contribution in [0, 0.1) is 5.92 Å². The summed E-state index contributed by atoms with van der Waals surface area (Å²) >= 11 is 1.51. The summed E-state index contributed by atoms with van der Waals surface area (Å²) in [4.78, 5) is 40.8. The zero-order chi connectivity index (χ0) is 21.7. The molecule has 3 rings (SSSR count). The van der Waals surface area contributed by atoms with Crippen LogP contribution in [0.25, 0.3) is 0 Å². The molecule has 1 unspecified atom stereocenters. The van der Waals surface area contributed by atoms with Gasteiger partial charge in [0, 0.05) is 4.88 Å². The first-order valence-corrected chi connectivity index (χ1v) is 11.8. The molecule has 0 saturated carbocycles. The number of aryl methyl sites for hydroxylation is 1. The lowest BCUT2D eigenvalue weighted by Crippen LogP contribution is -2.47. The largest absolute Gasteiger partial charge is 0.466 e. The number of fused-ring (bicyclic) bond motifs is 1. The summed E-state index contributed by atoms with van der Waals surface area (Å²) < 4.78 is 10.4. The Bertz CT molecular complexity index is 783. The van der Waals surface area contributed by atoms with E-state index >= 15 is 0 Å². The van der Waals surface area contributed by atoms with Crippen LogP contribution < -0.4 is 5.32 Å². The van der Waals surface area contributed by atoms with Gasteiger partial charge in [-0.3, -0.25) is 14.5 Å². The van der Waals surface area contributed by atoms with Gasteiger partial charge in [-0.05, 0) is 77.9 Å². The van der Waals surface area contributed by atoms with Crippen molar-refractivity contribution >= 4 is 34.2 Å². The van der Waals surface area contributed by atoms with E-state index in [9.17, 15) is 14.4 Å². The summed E-state index contributed by atoms with van der Waals surface area (Å²) in [7, 11) is 0. The Morgan fingerprint density at radius 2 is 1.77 bits per heavy atom. The van der Waals surface area contributed by atoms with Gasteiger partial charge in [0.1, 0.15) is 5.00 Å². The van der Waals surface area contributed by atoms with Gasteiger partial charge < -0.3 is 14.8 Å². The highest BCUT2D eigenvalue weighted by Crippen LogP contribution is 2.38. The SMILES string of the molecule is CCOC(=O)c1c(NC(=O)C(C)N2CCC(C(=O)OCC)CC2)sc2c1CCCC2. The Hall–Kier alpha value is -1.93. The second-order valence-electron chi connectivity index (χ2n) is 7.86. The number of anilines is 1. The third kappa shape index (κ3) is 5.03. The maximum Gasteiger partial charge on any atom is 0.341 e. The van der Waals surface area contributed by atoms with Crippen LogP contribution in [0.4, 0.5) is 5.00 Å². The van der Waals surface area contributed by atoms with Crippen molar-refractivity contribution in [2.75, 3.05) is 31.6 Å². The lowest BCUT2D eigenvalue weighted by atomic mass is 9.95. The molecule has 1 aromatic rings. The lowest BCUT2D eigenvalue weighted by molar-refractivity contribution is -0.149. The maximum absolute atomic E-state index is 13.0. The number of likely N-dealkylation sites (tertiary alicyclic amines) is 1. The average Bonchev–Trinajstić information content (AvgIpc) is 3.11. The number of thiophene rings is 1. The summed E-state index contributed by atoms with van der Waals surface area (Å²) in [5, 5.41) is 3.61. The number of esters is 2. The van der Waals surface area contributed by atoms with Crippen LogP contribution in [-0.4, -0.2) is 55.1 Å². The number of piperidine rings is 1. The molecule has 0 spiro atoms. The van der Waals surface area contributed by atoms with E-state index in [0.717, 1.165) is 31.2 Å². The minimum absolute atomic E-state index is 0.0871. The van der Waals surface area contributed by atoms with Crippen molar-refractivity contribution in [1.29, 1.82) is 0 Å². The first-order chi connectivity index (χ1) is 14.5. The zero-order valence-electron chi connectivity index (χ0n) is 18.1. The molecule has 8 heteroatoms. The smallest absolute Gasteiger partial charge is 0.341 e. The number of hydrogen-bond acceptors (Lipinski definition) is 7. The summed E-state index contributed by atoms with van der Waals surface area (Å²) in [5.41, 5.74) is 1.58. The third-order valence-electron chi connectivity index (χ3n) is 5.96. The molecule has 0 aromatic carbocycles. The second-order valence-corrected chi connectivity index (χ2v) is 8.97. The molecule has 0 bridgehead atoms. The van der Waals surface area contributed by atoms with Crippen LogP contribution >= 0.6 is 11.3 Å². The van der Waals surface area contributed by atoms with Gasteiger partial charge in [-0.25, -0.2) is 4.79 Å². The second kappa shape index (κ2) is 10.4. The molecule has 1 aliphatic carbocycles. The molecule has 0 radical (unpaired) electrons. The highest BCUT2D eigenvalue weighted by molar-refractivity contribution is 7.17. The van der Waals surface area contributed by atoms with Gasteiger partial charge >= 0.3 is 11.9 Å². The van der Waals surface area contributed by atoms with Crippen molar-refractivity contribution in [3.8, 4) is 0 Å². The van der Waals surface area contributed by atoms with Gasteiger partial charge in [0.15, 0.2) is 0 Å². The van der Waals surface area contributed by atoms with E-state index in [0.29, 0.717) is 49.7 Å². The number of nitrogens with zero attached hydrogens (tertiary/aromatic N) is 1. The summed E-state index contributed by atoms with van der Waals surface area (Å²) in [6.45, 7) is 7.52. The summed E-state index contributed by atoms with van der Waals surface area (Å²) in [6.07, 6.45) is 5.34. The van der Waals surface area contributed by atoms with Crippen LogP contribution in [0.15, 0.2) is 0 Å². The number of hydrogen-bond donors (Lipinski definition) is 1. The van der Waals surface area contributed by atoms with E-state index in [-0.39, 0.29) is 29.8 Å². The molecule has 1 aliphatic heterocycles. The number of carbonyl (C=O) groups is 3. The molecule has 2 aliphatic rings. The van der Waals surface area contributed by atoms with E-state index in [4.69, 9.17) is 9.47 Å². The van der Waals surface area contributed by atoms with Crippen LogP contribution in [0.2, 0.25) is 0 Å². The van der Waals surface area contributed by atoms with E-state index in [1.54, 1.807) is 6.92 Å². The Morgan fingerprint density at radius 3 is 2.43 bits per heavy atom. The van der Waals surface area contributed by atoms with Crippen LogP contribution in [0.3, 0.4) is 0 Å². The minimum Gasteiger partial charge on any atom is -0.466 e. The van der Waals surface area contributed by atoms with Crippen molar-refractivity contribution in [3.05, 3.63) is 16.0 Å².